The highest BCUT2D eigenvalue weighted by molar-refractivity contribution is 7.89. The van der Waals surface area contributed by atoms with Crippen molar-refractivity contribution in [1.29, 1.82) is 0 Å². The summed E-state index contributed by atoms with van der Waals surface area (Å²) < 4.78 is 26.3. The summed E-state index contributed by atoms with van der Waals surface area (Å²) in [6, 6.07) is 5.17. The van der Waals surface area contributed by atoms with E-state index >= 15 is 0 Å². The molecule has 0 bridgehead atoms. The molecular formula is C13H19NO4S. The first-order chi connectivity index (χ1) is 8.83. The van der Waals surface area contributed by atoms with Gasteiger partial charge in [0.15, 0.2) is 0 Å². The Morgan fingerprint density at radius 1 is 1.26 bits per heavy atom. The number of carbonyl (C=O) groups is 1. The van der Waals surface area contributed by atoms with Gasteiger partial charge in [0, 0.05) is 6.54 Å². The highest BCUT2D eigenvalue weighted by Gasteiger charge is 2.14. The lowest BCUT2D eigenvalue weighted by molar-refractivity contribution is 0.0696. The van der Waals surface area contributed by atoms with E-state index in [1.54, 1.807) is 0 Å². The maximum atomic E-state index is 11.9. The maximum absolute atomic E-state index is 11.9. The number of rotatable bonds is 7. The number of nitrogens with one attached hydrogen (secondary N) is 1. The largest absolute Gasteiger partial charge is 0.478 e. The molecule has 1 aromatic carbocycles. The third kappa shape index (κ3) is 5.00. The average molecular weight is 285 g/mol. The minimum atomic E-state index is -3.54. The van der Waals surface area contributed by atoms with E-state index in [0.717, 1.165) is 12.8 Å². The van der Waals surface area contributed by atoms with Gasteiger partial charge in [-0.1, -0.05) is 13.8 Å². The second-order valence-corrected chi connectivity index (χ2v) is 6.53. The van der Waals surface area contributed by atoms with E-state index in [9.17, 15) is 13.2 Å². The molecule has 0 saturated carbocycles. The molecule has 0 radical (unpaired) electrons. The lowest BCUT2D eigenvalue weighted by atomic mass is 10.1. The van der Waals surface area contributed by atoms with Crippen LogP contribution in [0, 0.1) is 5.92 Å². The van der Waals surface area contributed by atoms with E-state index in [1.165, 1.54) is 24.3 Å². The number of hydrogen-bond donors (Lipinski definition) is 2. The van der Waals surface area contributed by atoms with Crippen LogP contribution in [0.25, 0.3) is 0 Å². The molecule has 2 N–H and O–H groups in total. The van der Waals surface area contributed by atoms with Gasteiger partial charge in [0.2, 0.25) is 10.0 Å². The number of aromatic carboxylic acids is 1. The number of carboxylic acids is 1. The molecular weight excluding hydrogens is 266 g/mol. The smallest absolute Gasteiger partial charge is 0.335 e. The van der Waals surface area contributed by atoms with Gasteiger partial charge in [-0.2, -0.15) is 0 Å². The molecule has 0 fully saturated rings. The van der Waals surface area contributed by atoms with Gasteiger partial charge >= 0.3 is 5.97 Å². The van der Waals surface area contributed by atoms with Crippen LogP contribution in [-0.4, -0.2) is 26.0 Å². The summed E-state index contributed by atoms with van der Waals surface area (Å²) in [5.41, 5.74) is 0.0683. The molecule has 0 atom stereocenters. The number of carboxylic acid groups (broad SMARTS) is 1. The average Bonchev–Trinajstić information content (AvgIpc) is 2.34. The fraction of sp³-hybridized carbons (Fsp3) is 0.462. The van der Waals surface area contributed by atoms with Crippen molar-refractivity contribution in [2.45, 2.75) is 31.6 Å². The van der Waals surface area contributed by atoms with Crippen LogP contribution in [-0.2, 0) is 10.0 Å². The van der Waals surface area contributed by atoms with Crippen LogP contribution in [0.5, 0.6) is 0 Å². The van der Waals surface area contributed by atoms with E-state index in [-0.39, 0.29) is 10.5 Å². The Labute approximate surface area is 113 Å². The summed E-state index contributed by atoms with van der Waals surface area (Å²) in [6.45, 7) is 4.56. The summed E-state index contributed by atoms with van der Waals surface area (Å²) in [5.74, 6) is -0.534. The Balaban J connectivity index is 2.64. The second-order valence-electron chi connectivity index (χ2n) is 4.76. The van der Waals surface area contributed by atoms with Gasteiger partial charge < -0.3 is 5.11 Å². The molecule has 0 aliphatic carbocycles. The minimum absolute atomic E-state index is 0.0683. The molecule has 106 valence electrons. The molecule has 0 amide bonds. The van der Waals surface area contributed by atoms with Crippen LogP contribution >= 0.6 is 0 Å². The van der Waals surface area contributed by atoms with E-state index in [0.29, 0.717) is 12.5 Å². The first-order valence-electron chi connectivity index (χ1n) is 6.16. The zero-order valence-electron chi connectivity index (χ0n) is 11.1. The van der Waals surface area contributed by atoms with Crippen molar-refractivity contribution in [1.82, 2.24) is 4.72 Å². The van der Waals surface area contributed by atoms with Crippen LogP contribution in [0.15, 0.2) is 29.2 Å². The Morgan fingerprint density at radius 2 is 1.84 bits per heavy atom. The molecule has 0 unspecified atom stereocenters. The molecule has 0 aromatic heterocycles. The summed E-state index contributed by atoms with van der Waals surface area (Å²) in [6.07, 6.45) is 1.74. The molecule has 5 nitrogen and oxygen atoms in total. The van der Waals surface area contributed by atoms with Crippen molar-refractivity contribution >= 4 is 16.0 Å². The quantitative estimate of drug-likeness (QED) is 0.751. The first kappa shape index (κ1) is 15.7. The second kappa shape index (κ2) is 6.68. The molecule has 0 saturated heterocycles. The maximum Gasteiger partial charge on any atom is 0.335 e. The minimum Gasteiger partial charge on any atom is -0.478 e. The lowest BCUT2D eigenvalue weighted by Gasteiger charge is -2.08. The fourth-order valence-electron chi connectivity index (χ4n) is 1.58. The highest BCUT2D eigenvalue weighted by atomic mass is 32.2. The van der Waals surface area contributed by atoms with Gasteiger partial charge in [-0.15, -0.1) is 0 Å². The zero-order valence-corrected chi connectivity index (χ0v) is 11.9. The zero-order chi connectivity index (χ0) is 14.5. The van der Waals surface area contributed by atoms with Crippen molar-refractivity contribution in [3.8, 4) is 0 Å². The predicted molar refractivity (Wildman–Crippen MR) is 72.7 cm³/mol. The van der Waals surface area contributed by atoms with E-state index < -0.39 is 16.0 Å². The number of benzene rings is 1. The van der Waals surface area contributed by atoms with E-state index in [1.807, 2.05) is 0 Å². The van der Waals surface area contributed by atoms with Gasteiger partial charge in [0.25, 0.3) is 0 Å². The molecule has 0 aliphatic rings. The van der Waals surface area contributed by atoms with Crippen molar-refractivity contribution in [2.24, 2.45) is 5.92 Å². The summed E-state index contributed by atoms with van der Waals surface area (Å²) in [4.78, 5) is 10.8. The summed E-state index contributed by atoms with van der Waals surface area (Å²) in [5, 5.41) is 8.74. The molecule has 0 heterocycles. The van der Waals surface area contributed by atoms with Crippen molar-refractivity contribution in [3.63, 3.8) is 0 Å². The number of sulfonamides is 1. The standard InChI is InChI=1S/C13H19NO4S/c1-10(2)4-3-9-14-19(17,18)12-7-5-11(6-8-12)13(15)16/h5-8,10,14H,3-4,9H2,1-2H3,(H,15,16). The summed E-state index contributed by atoms with van der Waals surface area (Å²) >= 11 is 0. The van der Waals surface area contributed by atoms with E-state index in [4.69, 9.17) is 5.11 Å². The van der Waals surface area contributed by atoms with Crippen LogP contribution in [0.1, 0.15) is 37.0 Å². The Morgan fingerprint density at radius 3 is 2.32 bits per heavy atom. The normalized spacial score (nSPS) is 11.7. The molecule has 1 aromatic rings. The van der Waals surface area contributed by atoms with E-state index in [2.05, 4.69) is 18.6 Å². The topological polar surface area (TPSA) is 83.5 Å². The van der Waals surface area contributed by atoms with Crippen molar-refractivity contribution in [3.05, 3.63) is 29.8 Å². The summed E-state index contributed by atoms with van der Waals surface area (Å²) in [7, 11) is -3.54. The van der Waals surface area contributed by atoms with Gasteiger partial charge in [0.05, 0.1) is 10.5 Å². The van der Waals surface area contributed by atoms with Gasteiger partial charge in [0.1, 0.15) is 0 Å². The highest BCUT2D eigenvalue weighted by Crippen LogP contribution is 2.11. The van der Waals surface area contributed by atoms with Gasteiger partial charge in [-0.3, -0.25) is 0 Å². The van der Waals surface area contributed by atoms with Crippen molar-refractivity contribution in [2.75, 3.05) is 6.54 Å². The van der Waals surface area contributed by atoms with Gasteiger partial charge in [-0.25, -0.2) is 17.9 Å². The molecule has 6 heteroatoms. The monoisotopic (exact) mass is 285 g/mol. The molecule has 0 aliphatic heterocycles. The Hall–Kier alpha value is -1.40. The van der Waals surface area contributed by atoms with Gasteiger partial charge in [-0.05, 0) is 43.0 Å². The third-order valence-corrected chi connectivity index (χ3v) is 4.14. The van der Waals surface area contributed by atoms with Crippen LogP contribution in [0.4, 0.5) is 0 Å². The molecule has 19 heavy (non-hydrogen) atoms. The number of hydrogen-bond acceptors (Lipinski definition) is 3. The van der Waals surface area contributed by atoms with Crippen LogP contribution in [0.3, 0.4) is 0 Å². The lowest BCUT2D eigenvalue weighted by Crippen LogP contribution is -2.25. The SMILES string of the molecule is CC(C)CCCNS(=O)(=O)c1ccc(C(=O)O)cc1. The Bertz CT molecular complexity index is 520. The molecule has 0 spiro atoms. The Kier molecular flexibility index (Phi) is 5.50. The molecule has 1 rings (SSSR count). The van der Waals surface area contributed by atoms with Crippen molar-refractivity contribution < 1.29 is 18.3 Å². The fourth-order valence-corrected chi connectivity index (χ4v) is 2.65. The first-order valence-corrected chi connectivity index (χ1v) is 7.64. The van der Waals surface area contributed by atoms with Crippen LogP contribution in [0.2, 0.25) is 0 Å². The predicted octanol–water partition coefficient (Wildman–Crippen LogP) is 2.10. The third-order valence-electron chi connectivity index (χ3n) is 2.66. The van der Waals surface area contributed by atoms with Crippen LogP contribution < -0.4 is 4.72 Å².